The Balaban J connectivity index is 4.47. The van der Waals surface area contributed by atoms with Crippen molar-refractivity contribution >= 4 is 16.0 Å². The van der Waals surface area contributed by atoms with E-state index < -0.39 is 40.4 Å². The maximum absolute atomic E-state index is 11.9. The Morgan fingerprint density at radius 2 is 1.94 bits per heavy atom. The number of rotatable bonds is 8. The van der Waals surface area contributed by atoms with Crippen molar-refractivity contribution in [1.29, 1.82) is 0 Å². The number of hydrogen-bond donors (Lipinski definition) is 2. The van der Waals surface area contributed by atoms with E-state index in [4.69, 9.17) is 5.11 Å². The highest BCUT2D eigenvalue weighted by atomic mass is 32.2. The number of unbranched alkanes of at least 4 members (excludes halogenated alkanes) is 1. The molecule has 0 radical (unpaired) electrons. The van der Waals surface area contributed by atoms with Gasteiger partial charge in [-0.2, -0.15) is 13.2 Å². The Labute approximate surface area is 103 Å². The molecule has 0 bridgehead atoms. The predicted molar refractivity (Wildman–Crippen MR) is 58.5 cm³/mol. The van der Waals surface area contributed by atoms with E-state index in [1.54, 1.807) is 11.6 Å². The molecule has 0 amide bonds. The third-order valence-electron chi connectivity index (χ3n) is 2.12. The van der Waals surface area contributed by atoms with Crippen LogP contribution < -0.4 is 4.72 Å². The van der Waals surface area contributed by atoms with Gasteiger partial charge in [0, 0.05) is 0 Å². The summed E-state index contributed by atoms with van der Waals surface area (Å²) >= 11 is 0. The molecule has 0 aliphatic carbocycles. The Morgan fingerprint density at radius 3 is 2.33 bits per heavy atom. The molecular weight excluding hydrogens is 275 g/mol. The molecule has 0 heterocycles. The van der Waals surface area contributed by atoms with Gasteiger partial charge in [0.1, 0.15) is 6.04 Å². The molecule has 18 heavy (non-hydrogen) atoms. The van der Waals surface area contributed by atoms with Gasteiger partial charge in [0.2, 0.25) is 10.0 Å². The summed E-state index contributed by atoms with van der Waals surface area (Å²) in [5, 5.41) is 8.74. The maximum Gasteiger partial charge on any atom is 0.390 e. The summed E-state index contributed by atoms with van der Waals surface area (Å²) in [6.07, 6.45) is -4.90. The van der Waals surface area contributed by atoms with Crippen molar-refractivity contribution in [2.75, 3.05) is 5.75 Å². The lowest BCUT2D eigenvalue weighted by atomic mass is 10.1. The first-order chi connectivity index (χ1) is 8.07. The Hall–Kier alpha value is -0.830. The number of carboxylic acids is 1. The van der Waals surface area contributed by atoms with Gasteiger partial charge in [0.25, 0.3) is 0 Å². The fraction of sp³-hybridized carbons (Fsp3) is 0.889. The summed E-state index contributed by atoms with van der Waals surface area (Å²) in [5.74, 6) is -2.55. The molecule has 0 aliphatic heterocycles. The molecule has 0 rings (SSSR count). The van der Waals surface area contributed by atoms with Gasteiger partial charge in [-0.1, -0.05) is 19.8 Å². The van der Waals surface area contributed by atoms with Crippen LogP contribution in [0.15, 0.2) is 0 Å². The average Bonchev–Trinajstić information content (AvgIpc) is 2.20. The molecule has 0 saturated heterocycles. The summed E-state index contributed by atoms with van der Waals surface area (Å²) in [5.41, 5.74) is 0. The second-order valence-electron chi connectivity index (χ2n) is 3.83. The number of halogens is 3. The van der Waals surface area contributed by atoms with Crippen LogP contribution in [0.25, 0.3) is 0 Å². The minimum Gasteiger partial charge on any atom is -0.480 e. The zero-order valence-electron chi connectivity index (χ0n) is 9.83. The Bertz CT molecular complexity index is 366. The standard InChI is InChI=1S/C9H16F3NO4S/c1-2-3-4-7(8(14)15)13-18(16,17)6-5-9(10,11)12/h7,13H,2-6H2,1H3,(H,14,15)/t7-/m0/s1. The fourth-order valence-electron chi connectivity index (χ4n) is 1.17. The summed E-state index contributed by atoms with van der Waals surface area (Å²) < 4.78 is 60.0. The van der Waals surface area contributed by atoms with Crippen LogP contribution in [0, 0.1) is 0 Å². The van der Waals surface area contributed by atoms with Crippen LogP contribution in [0.1, 0.15) is 32.6 Å². The highest BCUT2D eigenvalue weighted by molar-refractivity contribution is 7.89. The quantitative estimate of drug-likeness (QED) is 0.710. The largest absolute Gasteiger partial charge is 0.480 e. The number of hydrogen-bond acceptors (Lipinski definition) is 3. The third kappa shape index (κ3) is 8.29. The van der Waals surface area contributed by atoms with Crippen LogP contribution >= 0.6 is 0 Å². The van der Waals surface area contributed by atoms with Gasteiger partial charge < -0.3 is 5.11 Å². The van der Waals surface area contributed by atoms with Crippen molar-refractivity contribution < 1.29 is 31.5 Å². The van der Waals surface area contributed by atoms with Crippen molar-refractivity contribution in [2.45, 2.75) is 44.8 Å². The molecular formula is C9H16F3NO4S. The molecule has 0 aromatic rings. The van der Waals surface area contributed by atoms with Gasteiger partial charge in [-0.3, -0.25) is 4.79 Å². The summed E-state index contributed by atoms with van der Waals surface area (Å²) in [7, 11) is -4.24. The van der Waals surface area contributed by atoms with Crippen molar-refractivity contribution in [3.05, 3.63) is 0 Å². The minimum absolute atomic E-state index is 0.0527. The lowest BCUT2D eigenvalue weighted by Crippen LogP contribution is -2.42. The average molecular weight is 291 g/mol. The first-order valence-electron chi connectivity index (χ1n) is 5.37. The van der Waals surface area contributed by atoms with E-state index in [-0.39, 0.29) is 6.42 Å². The number of alkyl halides is 3. The van der Waals surface area contributed by atoms with Crippen LogP contribution in [0.5, 0.6) is 0 Å². The van der Waals surface area contributed by atoms with Crippen LogP contribution in [0.4, 0.5) is 13.2 Å². The first kappa shape index (κ1) is 17.2. The van der Waals surface area contributed by atoms with E-state index >= 15 is 0 Å². The number of aliphatic carboxylic acids is 1. The molecule has 0 aromatic heterocycles. The lowest BCUT2D eigenvalue weighted by molar-refractivity contribution is -0.139. The Kier molecular flexibility index (Phi) is 6.61. The van der Waals surface area contributed by atoms with Crippen molar-refractivity contribution in [2.24, 2.45) is 0 Å². The molecule has 0 unspecified atom stereocenters. The normalized spacial score (nSPS) is 14.4. The van der Waals surface area contributed by atoms with Crippen LogP contribution in [0.2, 0.25) is 0 Å². The van der Waals surface area contributed by atoms with Gasteiger partial charge in [-0.05, 0) is 6.42 Å². The van der Waals surface area contributed by atoms with Crippen molar-refractivity contribution in [3.63, 3.8) is 0 Å². The monoisotopic (exact) mass is 291 g/mol. The second kappa shape index (κ2) is 6.93. The van der Waals surface area contributed by atoms with Crippen molar-refractivity contribution in [3.8, 4) is 0 Å². The molecule has 0 aromatic carbocycles. The van der Waals surface area contributed by atoms with Gasteiger partial charge in [0.05, 0.1) is 12.2 Å². The van der Waals surface area contributed by atoms with Gasteiger partial charge >= 0.3 is 12.1 Å². The fourth-order valence-corrected chi connectivity index (χ4v) is 2.44. The van der Waals surface area contributed by atoms with E-state index in [1.807, 2.05) is 0 Å². The first-order valence-corrected chi connectivity index (χ1v) is 7.02. The molecule has 108 valence electrons. The van der Waals surface area contributed by atoms with Gasteiger partial charge in [0.15, 0.2) is 0 Å². The van der Waals surface area contributed by atoms with E-state index in [0.717, 1.165) is 0 Å². The number of sulfonamides is 1. The maximum atomic E-state index is 11.9. The zero-order chi connectivity index (χ0) is 14.4. The van der Waals surface area contributed by atoms with Gasteiger partial charge in [-0.25, -0.2) is 13.1 Å². The number of nitrogens with one attached hydrogen (secondary N) is 1. The van der Waals surface area contributed by atoms with Crippen molar-refractivity contribution in [1.82, 2.24) is 4.72 Å². The highest BCUT2D eigenvalue weighted by Crippen LogP contribution is 2.20. The lowest BCUT2D eigenvalue weighted by Gasteiger charge is -2.14. The summed E-state index contributed by atoms with van der Waals surface area (Å²) in [4.78, 5) is 10.7. The SMILES string of the molecule is CCCC[C@H](NS(=O)(=O)CCC(F)(F)F)C(=O)O. The van der Waals surface area contributed by atoms with E-state index in [1.165, 1.54) is 0 Å². The van der Waals surface area contributed by atoms with Crippen LogP contribution in [-0.2, 0) is 14.8 Å². The molecule has 1 atom stereocenters. The molecule has 0 spiro atoms. The number of carboxylic acid groups (broad SMARTS) is 1. The molecule has 5 nitrogen and oxygen atoms in total. The van der Waals surface area contributed by atoms with Crippen LogP contribution in [-0.4, -0.2) is 37.5 Å². The molecule has 0 aliphatic rings. The van der Waals surface area contributed by atoms with Gasteiger partial charge in [-0.15, -0.1) is 0 Å². The van der Waals surface area contributed by atoms with E-state index in [2.05, 4.69) is 0 Å². The minimum atomic E-state index is -4.59. The smallest absolute Gasteiger partial charge is 0.390 e. The summed E-state index contributed by atoms with van der Waals surface area (Å²) in [6.45, 7) is 1.79. The molecule has 9 heteroatoms. The number of carbonyl (C=O) groups is 1. The second-order valence-corrected chi connectivity index (χ2v) is 5.71. The highest BCUT2D eigenvalue weighted by Gasteiger charge is 2.31. The topological polar surface area (TPSA) is 83.5 Å². The molecule has 0 fully saturated rings. The summed E-state index contributed by atoms with van der Waals surface area (Å²) in [6, 6.07) is -1.37. The third-order valence-corrected chi connectivity index (χ3v) is 3.51. The molecule has 0 saturated carbocycles. The Morgan fingerprint density at radius 1 is 1.39 bits per heavy atom. The zero-order valence-corrected chi connectivity index (χ0v) is 10.6. The predicted octanol–water partition coefficient (Wildman–Crippen LogP) is 1.50. The molecule has 2 N–H and O–H groups in total. The van der Waals surface area contributed by atoms with E-state index in [9.17, 15) is 26.4 Å². The van der Waals surface area contributed by atoms with E-state index in [0.29, 0.717) is 12.8 Å². The van der Waals surface area contributed by atoms with Crippen LogP contribution in [0.3, 0.4) is 0 Å².